The van der Waals surface area contributed by atoms with Gasteiger partial charge in [-0.3, -0.25) is 5.10 Å². The van der Waals surface area contributed by atoms with Crippen molar-refractivity contribution in [3.8, 4) is 11.9 Å². The van der Waals surface area contributed by atoms with Crippen molar-refractivity contribution in [2.45, 2.75) is 32.1 Å². The van der Waals surface area contributed by atoms with Gasteiger partial charge in [-0.2, -0.15) is 5.26 Å². The number of aromatic nitrogens is 2. The van der Waals surface area contributed by atoms with E-state index in [0.717, 1.165) is 5.69 Å². The Bertz CT molecular complexity index is 889. The van der Waals surface area contributed by atoms with Crippen LogP contribution >= 0.6 is 15.9 Å². The predicted octanol–water partition coefficient (Wildman–Crippen LogP) is 3.83. The Labute approximate surface area is 147 Å². The Morgan fingerprint density at radius 1 is 1.42 bits per heavy atom. The van der Waals surface area contributed by atoms with Gasteiger partial charge in [-0.25, -0.2) is 4.39 Å². The highest BCUT2D eigenvalue weighted by molar-refractivity contribution is 9.10. The van der Waals surface area contributed by atoms with E-state index in [0.29, 0.717) is 15.6 Å². The highest BCUT2D eigenvalue weighted by Crippen LogP contribution is 2.46. The van der Waals surface area contributed by atoms with Gasteiger partial charge < -0.3 is 10.5 Å². The number of nitriles is 1. The van der Waals surface area contributed by atoms with Gasteiger partial charge in [-0.05, 0) is 18.2 Å². The number of hydrogen-bond donors (Lipinski definition) is 2. The molecule has 1 aromatic heterocycles. The van der Waals surface area contributed by atoms with Crippen LogP contribution < -0.4 is 10.5 Å². The molecule has 124 valence electrons. The number of nitrogens with one attached hydrogen (secondary N) is 1. The van der Waals surface area contributed by atoms with Crippen LogP contribution in [-0.4, -0.2) is 10.2 Å². The van der Waals surface area contributed by atoms with Gasteiger partial charge in [0.1, 0.15) is 17.5 Å². The van der Waals surface area contributed by atoms with Crippen LogP contribution in [-0.2, 0) is 5.41 Å². The molecule has 0 bridgehead atoms. The van der Waals surface area contributed by atoms with Crippen molar-refractivity contribution in [1.82, 2.24) is 10.2 Å². The molecule has 0 saturated carbocycles. The third-order valence-corrected chi connectivity index (χ3v) is 4.45. The van der Waals surface area contributed by atoms with E-state index in [2.05, 4.69) is 32.2 Å². The number of nitrogens with zero attached hydrogens (tertiary/aromatic N) is 2. The Balaban J connectivity index is 2.33. The van der Waals surface area contributed by atoms with Crippen molar-refractivity contribution in [3.05, 3.63) is 56.8 Å². The number of halogens is 2. The molecular formula is C17H16BrFN4O. The third kappa shape index (κ3) is 2.57. The number of allylic oxidation sites excluding steroid dienone is 1. The fraction of sp³-hybridized carbons (Fsp3) is 0.294. The SMILES string of the molecule is CC(C)(C)c1[nH]nc2c1[C@@H](c1cc(Br)ccc1F)C(C#N)=C(N)O2. The normalized spacial score (nSPS) is 17.2. The summed E-state index contributed by atoms with van der Waals surface area (Å²) >= 11 is 3.36. The minimum absolute atomic E-state index is 0.0543. The molecule has 1 atom stereocenters. The molecule has 2 aromatic rings. The van der Waals surface area contributed by atoms with Gasteiger partial charge in [0.2, 0.25) is 11.8 Å². The van der Waals surface area contributed by atoms with Gasteiger partial charge in [0.25, 0.3) is 0 Å². The topological polar surface area (TPSA) is 87.7 Å². The molecule has 2 heterocycles. The second-order valence-electron chi connectivity index (χ2n) is 6.66. The molecule has 0 aliphatic carbocycles. The van der Waals surface area contributed by atoms with E-state index < -0.39 is 11.7 Å². The van der Waals surface area contributed by atoms with Crippen LogP contribution in [0, 0.1) is 17.1 Å². The average Bonchev–Trinajstić information content (AvgIpc) is 2.91. The highest BCUT2D eigenvalue weighted by Gasteiger charge is 2.39. The second kappa shape index (κ2) is 5.64. The molecule has 1 aromatic carbocycles. The fourth-order valence-electron chi connectivity index (χ4n) is 2.86. The molecule has 0 amide bonds. The first-order valence-electron chi connectivity index (χ1n) is 7.35. The minimum atomic E-state index is -0.677. The van der Waals surface area contributed by atoms with Crippen LogP contribution in [0.1, 0.15) is 43.5 Å². The number of benzene rings is 1. The van der Waals surface area contributed by atoms with E-state index in [1.165, 1.54) is 6.07 Å². The van der Waals surface area contributed by atoms with Crippen molar-refractivity contribution in [3.63, 3.8) is 0 Å². The van der Waals surface area contributed by atoms with Crippen LogP contribution in [0.3, 0.4) is 0 Å². The molecule has 1 aliphatic rings. The van der Waals surface area contributed by atoms with E-state index in [1.54, 1.807) is 12.1 Å². The van der Waals surface area contributed by atoms with Gasteiger partial charge >= 0.3 is 0 Å². The van der Waals surface area contributed by atoms with Gasteiger partial charge in [0.05, 0.1) is 11.5 Å². The zero-order valence-electron chi connectivity index (χ0n) is 13.4. The van der Waals surface area contributed by atoms with Crippen molar-refractivity contribution < 1.29 is 9.13 Å². The van der Waals surface area contributed by atoms with Gasteiger partial charge in [0, 0.05) is 21.1 Å². The first-order valence-corrected chi connectivity index (χ1v) is 8.14. The quantitative estimate of drug-likeness (QED) is 0.774. The van der Waals surface area contributed by atoms with E-state index in [1.807, 2.05) is 20.8 Å². The third-order valence-electron chi connectivity index (χ3n) is 3.96. The summed E-state index contributed by atoms with van der Waals surface area (Å²) in [6.07, 6.45) is 0. The van der Waals surface area contributed by atoms with Crippen molar-refractivity contribution in [1.29, 1.82) is 5.26 Å². The first-order chi connectivity index (χ1) is 11.2. The molecule has 0 spiro atoms. The molecule has 1 aliphatic heterocycles. The second-order valence-corrected chi connectivity index (χ2v) is 7.57. The average molecular weight is 391 g/mol. The number of aromatic amines is 1. The van der Waals surface area contributed by atoms with Gasteiger partial charge in [-0.15, -0.1) is 5.10 Å². The van der Waals surface area contributed by atoms with Crippen LogP contribution in [0.5, 0.6) is 5.88 Å². The maximum Gasteiger partial charge on any atom is 0.244 e. The Morgan fingerprint density at radius 2 is 2.12 bits per heavy atom. The monoisotopic (exact) mass is 390 g/mol. The van der Waals surface area contributed by atoms with E-state index in [9.17, 15) is 9.65 Å². The summed E-state index contributed by atoms with van der Waals surface area (Å²) in [5, 5.41) is 16.7. The van der Waals surface area contributed by atoms with E-state index in [-0.39, 0.29) is 22.8 Å². The lowest BCUT2D eigenvalue weighted by Crippen LogP contribution is -2.24. The summed E-state index contributed by atoms with van der Waals surface area (Å²) in [7, 11) is 0. The van der Waals surface area contributed by atoms with Crippen LogP contribution in [0.25, 0.3) is 0 Å². The number of rotatable bonds is 1. The lowest BCUT2D eigenvalue weighted by atomic mass is 9.78. The minimum Gasteiger partial charge on any atom is -0.420 e. The first kappa shape index (κ1) is 16.5. The zero-order valence-corrected chi connectivity index (χ0v) is 15.0. The van der Waals surface area contributed by atoms with Crippen molar-refractivity contribution in [2.24, 2.45) is 5.73 Å². The lowest BCUT2D eigenvalue weighted by Gasteiger charge is -2.27. The summed E-state index contributed by atoms with van der Waals surface area (Å²) in [6.45, 7) is 6.01. The molecule has 7 heteroatoms. The summed E-state index contributed by atoms with van der Waals surface area (Å²) in [4.78, 5) is 0. The molecule has 24 heavy (non-hydrogen) atoms. The lowest BCUT2D eigenvalue weighted by molar-refractivity contribution is 0.377. The standard InChI is InChI=1S/C17H16BrFN4O/c1-17(2,3)14-13-12(9-6-8(18)4-5-11(9)19)10(7-20)15(21)24-16(13)23-22-14/h4-6,12H,21H2,1-3H3,(H,22,23)/t12-/m0/s1. The fourth-order valence-corrected chi connectivity index (χ4v) is 3.24. The highest BCUT2D eigenvalue weighted by atomic mass is 79.9. The Kier molecular flexibility index (Phi) is 3.88. The molecule has 5 nitrogen and oxygen atoms in total. The van der Waals surface area contributed by atoms with E-state index in [4.69, 9.17) is 10.5 Å². The molecule has 0 radical (unpaired) electrons. The summed E-state index contributed by atoms with van der Waals surface area (Å²) in [6, 6.07) is 6.68. The summed E-state index contributed by atoms with van der Waals surface area (Å²) in [5.41, 5.74) is 7.53. The molecule has 0 saturated heterocycles. The summed E-state index contributed by atoms with van der Waals surface area (Å²) in [5.74, 6) is -0.871. The number of hydrogen-bond acceptors (Lipinski definition) is 4. The Morgan fingerprint density at radius 3 is 2.75 bits per heavy atom. The number of ether oxygens (including phenoxy) is 1. The molecule has 0 fully saturated rings. The largest absolute Gasteiger partial charge is 0.420 e. The zero-order chi connectivity index (χ0) is 17.6. The Hall–Kier alpha value is -2.33. The molecule has 0 unspecified atom stereocenters. The maximum absolute atomic E-state index is 14.6. The predicted molar refractivity (Wildman–Crippen MR) is 90.7 cm³/mol. The maximum atomic E-state index is 14.6. The van der Waals surface area contributed by atoms with Crippen molar-refractivity contribution >= 4 is 15.9 Å². The number of fused-ring (bicyclic) bond motifs is 1. The number of nitrogens with two attached hydrogens (primary N) is 1. The van der Waals surface area contributed by atoms with Crippen LogP contribution in [0.4, 0.5) is 4.39 Å². The molecular weight excluding hydrogens is 375 g/mol. The summed E-state index contributed by atoms with van der Waals surface area (Å²) < 4.78 is 20.8. The van der Waals surface area contributed by atoms with Crippen molar-refractivity contribution in [2.75, 3.05) is 0 Å². The van der Waals surface area contributed by atoms with Crippen LogP contribution in [0.2, 0.25) is 0 Å². The number of H-pyrrole nitrogens is 1. The van der Waals surface area contributed by atoms with Crippen LogP contribution in [0.15, 0.2) is 34.1 Å². The van der Waals surface area contributed by atoms with E-state index >= 15 is 0 Å². The molecule has 3 rings (SSSR count). The van der Waals surface area contributed by atoms with Gasteiger partial charge in [0.15, 0.2) is 0 Å². The smallest absolute Gasteiger partial charge is 0.244 e. The van der Waals surface area contributed by atoms with Gasteiger partial charge in [-0.1, -0.05) is 36.7 Å². The molecule has 3 N–H and O–H groups in total.